The smallest absolute Gasteiger partial charge is 0.247 e. The molecule has 0 N–H and O–H groups in total. The van der Waals surface area contributed by atoms with Crippen LogP contribution in [0, 0.1) is 11.3 Å². The summed E-state index contributed by atoms with van der Waals surface area (Å²) in [6, 6.07) is -0.461. The third kappa shape index (κ3) is 4.48. The van der Waals surface area contributed by atoms with E-state index in [0.717, 1.165) is 51.9 Å². The van der Waals surface area contributed by atoms with E-state index in [4.69, 9.17) is 4.74 Å². The van der Waals surface area contributed by atoms with Crippen molar-refractivity contribution >= 4 is 11.8 Å². The normalized spacial score (nSPS) is 32.9. The van der Waals surface area contributed by atoms with Gasteiger partial charge >= 0.3 is 0 Å². The third-order valence-corrected chi connectivity index (χ3v) is 6.37. The van der Waals surface area contributed by atoms with Gasteiger partial charge in [0.25, 0.3) is 0 Å². The lowest BCUT2D eigenvalue weighted by Gasteiger charge is -2.44. The van der Waals surface area contributed by atoms with Crippen molar-refractivity contribution in [2.24, 2.45) is 11.3 Å². The molecule has 1 aliphatic carbocycles. The number of piperazine rings is 1. The molecule has 2 aliphatic heterocycles. The van der Waals surface area contributed by atoms with Crippen LogP contribution in [0.3, 0.4) is 0 Å². The van der Waals surface area contributed by atoms with Crippen molar-refractivity contribution in [2.45, 2.75) is 71.6 Å². The molecule has 3 fully saturated rings. The van der Waals surface area contributed by atoms with Crippen LogP contribution in [-0.4, -0.2) is 78.1 Å². The summed E-state index contributed by atoms with van der Waals surface area (Å²) in [5.41, 5.74) is -0.675. The Bertz CT molecular complexity index is 556. The number of hydrogen-bond acceptors (Lipinski definition) is 4. The highest BCUT2D eigenvalue weighted by atomic mass is 16.5. The lowest BCUT2D eigenvalue weighted by atomic mass is 9.82. The number of hydrogen-bond donors (Lipinski definition) is 0. The number of ether oxygens (including phenoxy) is 1. The first-order chi connectivity index (χ1) is 12.6. The van der Waals surface area contributed by atoms with Crippen LogP contribution in [0.15, 0.2) is 0 Å². The Morgan fingerprint density at radius 2 is 1.67 bits per heavy atom. The fourth-order valence-electron chi connectivity index (χ4n) is 4.62. The highest BCUT2D eigenvalue weighted by Gasteiger charge is 2.54. The third-order valence-electron chi connectivity index (χ3n) is 6.37. The lowest BCUT2D eigenvalue weighted by molar-refractivity contribution is -0.165. The van der Waals surface area contributed by atoms with E-state index in [1.54, 1.807) is 0 Å². The van der Waals surface area contributed by atoms with Crippen LogP contribution in [0.4, 0.5) is 0 Å². The molecule has 2 heterocycles. The number of likely N-dealkylation sites (N-methyl/N-ethyl adjacent to an activating group) is 1. The monoisotopic (exact) mass is 379 g/mol. The van der Waals surface area contributed by atoms with E-state index < -0.39 is 11.8 Å². The number of amides is 2. The molecule has 0 unspecified atom stereocenters. The number of carbonyl (C=O) groups excluding carboxylic acids is 2. The average Bonchev–Trinajstić information content (AvgIpc) is 2.95. The van der Waals surface area contributed by atoms with Gasteiger partial charge in [-0.2, -0.15) is 0 Å². The largest absolute Gasteiger partial charge is 0.353 e. The van der Waals surface area contributed by atoms with Crippen molar-refractivity contribution in [3.63, 3.8) is 0 Å². The first-order valence-electron chi connectivity index (χ1n) is 10.5. The molecule has 0 bridgehead atoms. The maximum atomic E-state index is 13.3. The Hall–Kier alpha value is -1.14. The van der Waals surface area contributed by atoms with E-state index in [0.29, 0.717) is 18.9 Å². The Labute approximate surface area is 164 Å². The van der Waals surface area contributed by atoms with Crippen LogP contribution in [0.2, 0.25) is 0 Å². The van der Waals surface area contributed by atoms with Crippen molar-refractivity contribution in [2.75, 3.05) is 39.8 Å². The highest BCUT2D eigenvalue weighted by Crippen LogP contribution is 2.43. The molecule has 2 amide bonds. The van der Waals surface area contributed by atoms with Gasteiger partial charge in [-0.1, -0.05) is 27.7 Å². The van der Waals surface area contributed by atoms with Gasteiger partial charge in [-0.15, -0.1) is 0 Å². The van der Waals surface area contributed by atoms with E-state index in [1.165, 1.54) is 0 Å². The van der Waals surface area contributed by atoms with Gasteiger partial charge in [0.15, 0.2) is 0 Å². The highest BCUT2D eigenvalue weighted by molar-refractivity contribution is 5.89. The Morgan fingerprint density at radius 3 is 2.22 bits per heavy atom. The number of carbonyl (C=O) groups is 2. The molecule has 0 radical (unpaired) electrons. The summed E-state index contributed by atoms with van der Waals surface area (Å²) in [4.78, 5) is 32.7. The Kier molecular flexibility index (Phi) is 5.88. The molecule has 1 saturated carbocycles. The second kappa shape index (κ2) is 7.70. The molecule has 0 aromatic heterocycles. The summed E-state index contributed by atoms with van der Waals surface area (Å²) in [5, 5.41) is 0. The molecule has 0 aromatic carbocycles. The zero-order valence-corrected chi connectivity index (χ0v) is 17.8. The van der Waals surface area contributed by atoms with E-state index in [9.17, 15) is 9.59 Å². The first kappa shape index (κ1) is 20.6. The second-order valence-corrected chi connectivity index (χ2v) is 10.1. The lowest BCUT2D eigenvalue weighted by Crippen LogP contribution is -2.59. The Balaban J connectivity index is 1.81. The summed E-state index contributed by atoms with van der Waals surface area (Å²) < 4.78 is 6.27. The Morgan fingerprint density at radius 1 is 1.07 bits per heavy atom. The van der Waals surface area contributed by atoms with E-state index in [-0.39, 0.29) is 17.2 Å². The van der Waals surface area contributed by atoms with E-state index in [1.807, 2.05) is 9.80 Å². The van der Waals surface area contributed by atoms with Gasteiger partial charge < -0.3 is 14.5 Å². The quantitative estimate of drug-likeness (QED) is 0.739. The van der Waals surface area contributed by atoms with Crippen molar-refractivity contribution < 1.29 is 14.3 Å². The molecule has 6 nitrogen and oxygen atoms in total. The molecule has 1 spiro atoms. The average molecular weight is 380 g/mol. The maximum Gasteiger partial charge on any atom is 0.247 e. The molecule has 0 aromatic rings. The van der Waals surface area contributed by atoms with Crippen molar-refractivity contribution in [3.05, 3.63) is 0 Å². The van der Waals surface area contributed by atoms with Crippen molar-refractivity contribution in [1.29, 1.82) is 0 Å². The molecule has 27 heavy (non-hydrogen) atoms. The first-order valence-corrected chi connectivity index (χ1v) is 10.5. The van der Waals surface area contributed by atoms with Gasteiger partial charge in [0.05, 0.1) is 6.61 Å². The van der Waals surface area contributed by atoms with Crippen LogP contribution in [0.25, 0.3) is 0 Å². The van der Waals surface area contributed by atoms with Gasteiger partial charge in [0.1, 0.15) is 11.8 Å². The van der Waals surface area contributed by atoms with Crippen molar-refractivity contribution in [1.82, 2.24) is 14.7 Å². The van der Waals surface area contributed by atoms with Crippen LogP contribution in [0.1, 0.15) is 59.8 Å². The summed E-state index contributed by atoms with van der Waals surface area (Å²) in [6.07, 6.45) is 4.23. The summed E-state index contributed by atoms with van der Waals surface area (Å²) in [5.74, 6) is 0.800. The topological polar surface area (TPSA) is 53.1 Å². The van der Waals surface area contributed by atoms with Crippen molar-refractivity contribution in [3.8, 4) is 0 Å². The number of nitrogens with zero attached hydrogens (tertiary/aromatic N) is 3. The predicted octanol–water partition coefficient (Wildman–Crippen LogP) is 2.33. The van der Waals surface area contributed by atoms with Gasteiger partial charge in [-0.3, -0.25) is 14.5 Å². The predicted molar refractivity (Wildman–Crippen MR) is 105 cm³/mol. The SMILES string of the molecule is CC1CCC2(CC1)OC[C@H](C(=O)N1CCN(C)CC1)N2C(=O)CC(C)(C)C. The van der Waals surface area contributed by atoms with Gasteiger partial charge in [0.2, 0.25) is 11.8 Å². The van der Waals surface area contributed by atoms with Gasteiger partial charge in [-0.05, 0) is 44.1 Å². The minimum Gasteiger partial charge on any atom is -0.353 e. The minimum absolute atomic E-state index is 0.0702. The minimum atomic E-state index is -0.568. The zero-order valence-electron chi connectivity index (χ0n) is 17.8. The molecule has 2 saturated heterocycles. The van der Waals surface area contributed by atoms with E-state index in [2.05, 4.69) is 39.6 Å². The second-order valence-electron chi connectivity index (χ2n) is 10.1. The molecule has 154 valence electrons. The summed E-state index contributed by atoms with van der Waals surface area (Å²) >= 11 is 0. The van der Waals surface area contributed by atoms with Gasteiger partial charge in [-0.25, -0.2) is 0 Å². The van der Waals surface area contributed by atoms with E-state index >= 15 is 0 Å². The summed E-state index contributed by atoms with van der Waals surface area (Å²) in [7, 11) is 2.08. The molecule has 3 aliphatic rings. The molecule has 6 heteroatoms. The molecule has 3 rings (SSSR count). The molecular formula is C21H37N3O3. The van der Waals surface area contributed by atoms with Crippen LogP contribution >= 0.6 is 0 Å². The van der Waals surface area contributed by atoms with Gasteiger partial charge in [0, 0.05) is 32.6 Å². The number of rotatable bonds is 2. The molecular weight excluding hydrogens is 342 g/mol. The zero-order chi connectivity index (χ0) is 19.8. The molecule has 1 atom stereocenters. The fraction of sp³-hybridized carbons (Fsp3) is 0.905. The van der Waals surface area contributed by atoms with Crippen LogP contribution in [0.5, 0.6) is 0 Å². The standard InChI is InChI=1S/C21H37N3O3/c1-16-6-8-21(9-7-16)24(18(25)14-20(2,3)4)17(15-27-21)19(26)23-12-10-22(5)11-13-23/h16-17H,6-15H2,1-5H3/t16?,17-,21?/m1/s1. The van der Waals surface area contributed by atoms with Crippen LogP contribution in [-0.2, 0) is 14.3 Å². The van der Waals surface area contributed by atoms with Crippen LogP contribution < -0.4 is 0 Å². The summed E-state index contributed by atoms with van der Waals surface area (Å²) in [6.45, 7) is 12.1. The fourth-order valence-corrected chi connectivity index (χ4v) is 4.62. The maximum absolute atomic E-state index is 13.3.